The van der Waals surface area contributed by atoms with E-state index >= 15 is 0 Å². The molecule has 0 saturated carbocycles. The molecule has 0 saturated heterocycles. The highest BCUT2D eigenvalue weighted by Crippen LogP contribution is 2.53. The number of fused-ring (bicyclic) bond motifs is 2. The lowest BCUT2D eigenvalue weighted by atomic mass is 10.0. The van der Waals surface area contributed by atoms with E-state index in [0.29, 0.717) is 11.1 Å². The van der Waals surface area contributed by atoms with Crippen LogP contribution in [-0.2, 0) is 0 Å². The van der Waals surface area contributed by atoms with Gasteiger partial charge in [-0.2, -0.15) is 0 Å². The van der Waals surface area contributed by atoms with Crippen molar-refractivity contribution in [3.05, 3.63) is 108 Å². The lowest BCUT2D eigenvalue weighted by Crippen LogP contribution is -2.23. The molecule has 1 heterocycles. The van der Waals surface area contributed by atoms with E-state index in [1.54, 1.807) is 0 Å². The first kappa shape index (κ1) is 17.9. The van der Waals surface area contributed by atoms with Gasteiger partial charge in [-0.3, -0.25) is 9.59 Å². The molecule has 4 aromatic rings. The number of hydrogen-bond acceptors (Lipinski definition) is 4. The minimum absolute atomic E-state index is 0.647. The zero-order chi connectivity index (χ0) is 20.5. The summed E-state index contributed by atoms with van der Waals surface area (Å²) in [6, 6.07) is 31.6. The van der Waals surface area contributed by atoms with Crippen LogP contribution in [0.5, 0.6) is 0 Å². The second-order valence-electron chi connectivity index (χ2n) is 7.07. The second-order valence-corrected chi connectivity index (χ2v) is 7.07. The molecule has 4 aromatic carbocycles. The maximum atomic E-state index is 11.1. The van der Waals surface area contributed by atoms with Crippen molar-refractivity contribution in [1.82, 2.24) is 0 Å². The molecule has 144 valence electrons. The first-order valence-corrected chi connectivity index (χ1v) is 9.69. The first-order valence-electron chi connectivity index (χ1n) is 9.69. The average molecular weight is 390 g/mol. The Morgan fingerprint density at radius 2 is 0.733 bits per heavy atom. The van der Waals surface area contributed by atoms with Crippen molar-refractivity contribution < 1.29 is 9.59 Å². The van der Waals surface area contributed by atoms with Gasteiger partial charge in [-0.25, -0.2) is 0 Å². The molecule has 4 heteroatoms. The SMILES string of the molecule is O=Cc1ccc(N2c3ccccc3N(c3ccc(C=O)cc3)c3ccccc32)cc1. The van der Waals surface area contributed by atoms with Crippen LogP contribution < -0.4 is 9.80 Å². The zero-order valence-electron chi connectivity index (χ0n) is 16.1. The van der Waals surface area contributed by atoms with Gasteiger partial charge >= 0.3 is 0 Å². The molecule has 0 aliphatic carbocycles. The second kappa shape index (κ2) is 7.33. The van der Waals surface area contributed by atoms with Crippen molar-refractivity contribution in [2.75, 3.05) is 9.80 Å². The molecular weight excluding hydrogens is 372 g/mol. The van der Waals surface area contributed by atoms with E-state index in [-0.39, 0.29) is 0 Å². The van der Waals surface area contributed by atoms with Gasteiger partial charge in [0.15, 0.2) is 0 Å². The van der Waals surface area contributed by atoms with Crippen LogP contribution in [0, 0.1) is 0 Å². The molecule has 4 nitrogen and oxygen atoms in total. The molecule has 30 heavy (non-hydrogen) atoms. The Kier molecular flexibility index (Phi) is 4.37. The summed E-state index contributed by atoms with van der Waals surface area (Å²) in [5.41, 5.74) is 7.41. The van der Waals surface area contributed by atoms with E-state index in [1.165, 1.54) is 0 Å². The Bertz CT molecular complexity index is 1090. The summed E-state index contributed by atoms with van der Waals surface area (Å²) in [6.07, 6.45) is 1.71. The summed E-state index contributed by atoms with van der Waals surface area (Å²) in [5, 5.41) is 0. The third-order valence-electron chi connectivity index (χ3n) is 5.30. The van der Waals surface area contributed by atoms with E-state index in [9.17, 15) is 9.59 Å². The van der Waals surface area contributed by atoms with E-state index < -0.39 is 0 Å². The minimum Gasteiger partial charge on any atom is -0.306 e. The van der Waals surface area contributed by atoms with Crippen molar-refractivity contribution >= 4 is 46.7 Å². The number of rotatable bonds is 4. The summed E-state index contributed by atoms with van der Waals surface area (Å²) in [6.45, 7) is 0. The Labute approximate surface area is 174 Å². The summed E-state index contributed by atoms with van der Waals surface area (Å²) in [4.78, 5) is 26.6. The summed E-state index contributed by atoms with van der Waals surface area (Å²) in [7, 11) is 0. The fraction of sp³-hybridized carbons (Fsp3) is 0. The number of aldehydes is 2. The van der Waals surface area contributed by atoms with Crippen molar-refractivity contribution in [1.29, 1.82) is 0 Å². The molecule has 0 amide bonds. The topological polar surface area (TPSA) is 40.6 Å². The largest absolute Gasteiger partial charge is 0.306 e. The molecule has 0 spiro atoms. The van der Waals surface area contributed by atoms with Crippen LogP contribution in [-0.4, -0.2) is 12.6 Å². The fourth-order valence-electron chi connectivity index (χ4n) is 3.90. The predicted octanol–water partition coefficient (Wildman–Crippen LogP) is 6.56. The van der Waals surface area contributed by atoms with E-state index in [4.69, 9.17) is 0 Å². The number of benzene rings is 4. The highest BCUT2D eigenvalue weighted by Gasteiger charge is 2.29. The Hall–Kier alpha value is -4.18. The Balaban J connectivity index is 1.73. The summed E-state index contributed by atoms with van der Waals surface area (Å²) in [5.74, 6) is 0. The molecule has 1 aliphatic rings. The number of anilines is 6. The quantitative estimate of drug-likeness (QED) is 0.326. The number of carbonyl (C=O) groups excluding carboxylic acids is 2. The monoisotopic (exact) mass is 390 g/mol. The molecule has 0 N–H and O–H groups in total. The first-order chi connectivity index (χ1) is 14.8. The van der Waals surface area contributed by atoms with Gasteiger partial charge in [0, 0.05) is 22.5 Å². The van der Waals surface area contributed by atoms with Crippen molar-refractivity contribution in [3.8, 4) is 0 Å². The van der Waals surface area contributed by atoms with Gasteiger partial charge in [-0.15, -0.1) is 0 Å². The Morgan fingerprint density at radius 3 is 1.00 bits per heavy atom. The van der Waals surface area contributed by atoms with Gasteiger partial charge in [0.25, 0.3) is 0 Å². The molecule has 0 radical (unpaired) electrons. The molecule has 1 aliphatic heterocycles. The zero-order valence-corrected chi connectivity index (χ0v) is 16.1. The van der Waals surface area contributed by atoms with Gasteiger partial charge in [0.05, 0.1) is 22.7 Å². The fourth-order valence-corrected chi connectivity index (χ4v) is 3.90. The van der Waals surface area contributed by atoms with Crippen LogP contribution in [0.1, 0.15) is 20.7 Å². The van der Waals surface area contributed by atoms with E-state index in [1.807, 2.05) is 72.8 Å². The summed E-state index contributed by atoms with van der Waals surface area (Å²) < 4.78 is 0. The van der Waals surface area contributed by atoms with Gasteiger partial charge in [-0.1, -0.05) is 24.3 Å². The maximum absolute atomic E-state index is 11.1. The lowest BCUT2D eigenvalue weighted by Gasteiger charge is -2.40. The lowest BCUT2D eigenvalue weighted by molar-refractivity contribution is 0.111. The van der Waals surface area contributed by atoms with Crippen LogP contribution in [0.2, 0.25) is 0 Å². The van der Waals surface area contributed by atoms with Crippen LogP contribution in [0.15, 0.2) is 97.1 Å². The normalized spacial score (nSPS) is 12.1. The van der Waals surface area contributed by atoms with Crippen molar-refractivity contribution in [2.45, 2.75) is 0 Å². The van der Waals surface area contributed by atoms with E-state index in [0.717, 1.165) is 46.7 Å². The van der Waals surface area contributed by atoms with Gasteiger partial charge < -0.3 is 9.80 Å². The van der Waals surface area contributed by atoms with Crippen LogP contribution >= 0.6 is 0 Å². The van der Waals surface area contributed by atoms with Gasteiger partial charge in [0.1, 0.15) is 12.6 Å². The highest BCUT2D eigenvalue weighted by molar-refractivity contribution is 6.01. The molecule has 0 unspecified atom stereocenters. The molecule has 0 fully saturated rings. The van der Waals surface area contributed by atoms with Crippen LogP contribution in [0.3, 0.4) is 0 Å². The Morgan fingerprint density at radius 1 is 0.433 bits per heavy atom. The molecular formula is C26H18N2O2. The van der Waals surface area contributed by atoms with Crippen LogP contribution in [0.4, 0.5) is 34.1 Å². The number of nitrogens with zero attached hydrogens (tertiary/aromatic N) is 2. The molecule has 0 atom stereocenters. The van der Waals surface area contributed by atoms with Crippen LogP contribution in [0.25, 0.3) is 0 Å². The van der Waals surface area contributed by atoms with E-state index in [2.05, 4.69) is 34.1 Å². The highest BCUT2D eigenvalue weighted by atomic mass is 16.1. The standard InChI is InChI=1S/C26H18N2O2/c29-17-19-9-13-21(14-10-19)27-23-5-1-2-6-24(23)28(26-8-4-3-7-25(26)27)22-15-11-20(18-30)12-16-22/h1-18H. The minimum atomic E-state index is 0.647. The molecule has 0 aromatic heterocycles. The van der Waals surface area contributed by atoms with Crippen molar-refractivity contribution in [2.24, 2.45) is 0 Å². The summed E-state index contributed by atoms with van der Waals surface area (Å²) >= 11 is 0. The number of carbonyl (C=O) groups is 2. The smallest absolute Gasteiger partial charge is 0.150 e. The molecule has 5 rings (SSSR count). The maximum Gasteiger partial charge on any atom is 0.150 e. The third kappa shape index (κ3) is 2.86. The average Bonchev–Trinajstić information content (AvgIpc) is 2.82. The molecule has 0 bridgehead atoms. The van der Waals surface area contributed by atoms with Crippen molar-refractivity contribution in [3.63, 3.8) is 0 Å². The van der Waals surface area contributed by atoms with Gasteiger partial charge in [0.2, 0.25) is 0 Å². The number of para-hydroxylation sites is 4. The number of hydrogen-bond donors (Lipinski definition) is 0. The predicted molar refractivity (Wildman–Crippen MR) is 120 cm³/mol. The van der Waals surface area contributed by atoms with Gasteiger partial charge in [-0.05, 0) is 72.8 Å². The third-order valence-corrected chi connectivity index (χ3v) is 5.30.